The minimum absolute atomic E-state index is 0.0530. The predicted molar refractivity (Wildman–Crippen MR) is 109 cm³/mol. The van der Waals surface area contributed by atoms with Crippen LogP contribution >= 0.6 is 7.92 Å². The third-order valence-electron chi connectivity index (χ3n) is 4.60. The van der Waals surface area contributed by atoms with Gasteiger partial charge in [-0.1, -0.05) is 84.9 Å². The number of hydrogen-bond donors (Lipinski definition) is 0. The van der Waals surface area contributed by atoms with Crippen molar-refractivity contribution in [3.63, 3.8) is 0 Å². The molecule has 1 heterocycles. The van der Waals surface area contributed by atoms with Crippen molar-refractivity contribution in [3.8, 4) is 0 Å². The number of benzene rings is 3. The van der Waals surface area contributed by atoms with Gasteiger partial charge in [-0.05, 0) is 35.8 Å². The maximum atomic E-state index is 5.63. The van der Waals surface area contributed by atoms with E-state index >= 15 is 0 Å². The summed E-state index contributed by atoms with van der Waals surface area (Å²) in [4.78, 5) is 0. The van der Waals surface area contributed by atoms with Gasteiger partial charge in [0.15, 0.2) is 6.29 Å². The zero-order valence-electron chi connectivity index (χ0n) is 14.8. The lowest BCUT2D eigenvalue weighted by Crippen LogP contribution is -2.24. The highest BCUT2D eigenvalue weighted by Gasteiger charge is 2.21. The van der Waals surface area contributed by atoms with E-state index in [1.165, 1.54) is 21.5 Å². The highest BCUT2D eigenvalue weighted by atomic mass is 31.1. The Morgan fingerprint density at radius 1 is 0.692 bits per heavy atom. The lowest BCUT2D eigenvalue weighted by molar-refractivity contribution is -0.0461. The van der Waals surface area contributed by atoms with Crippen LogP contribution in [-0.2, 0) is 15.9 Å². The molecule has 3 heteroatoms. The molecule has 2 nitrogen and oxygen atoms in total. The smallest absolute Gasteiger partial charge is 0.158 e. The Morgan fingerprint density at radius 3 is 1.85 bits per heavy atom. The molecule has 26 heavy (non-hydrogen) atoms. The first-order valence-corrected chi connectivity index (χ1v) is 10.5. The predicted octanol–water partition coefficient (Wildman–Crippen LogP) is 3.75. The van der Waals surface area contributed by atoms with E-state index in [0.717, 1.165) is 12.8 Å². The van der Waals surface area contributed by atoms with Gasteiger partial charge in [-0.3, -0.25) is 0 Å². The second-order valence-electron chi connectivity index (χ2n) is 6.35. The summed E-state index contributed by atoms with van der Waals surface area (Å²) in [5.41, 5.74) is 1.39. The van der Waals surface area contributed by atoms with E-state index in [-0.39, 0.29) is 6.29 Å². The summed E-state index contributed by atoms with van der Waals surface area (Å²) in [5.74, 6) is 0. The Hall–Kier alpha value is -1.99. The van der Waals surface area contributed by atoms with Crippen LogP contribution in [0.25, 0.3) is 0 Å². The second-order valence-corrected chi connectivity index (χ2v) is 8.53. The number of ether oxygens (including phenoxy) is 2. The lowest BCUT2D eigenvalue weighted by atomic mass is 10.1. The quantitative estimate of drug-likeness (QED) is 0.622. The van der Waals surface area contributed by atoms with Crippen LogP contribution in [0.5, 0.6) is 0 Å². The first-order valence-electron chi connectivity index (χ1n) is 9.13. The maximum Gasteiger partial charge on any atom is 0.158 e. The molecule has 0 atom stereocenters. The van der Waals surface area contributed by atoms with Crippen LogP contribution in [0.2, 0.25) is 0 Å². The number of rotatable bonds is 6. The molecule has 3 aromatic rings. The van der Waals surface area contributed by atoms with Crippen LogP contribution < -0.4 is 15.9 Å². The van der Waals surface area contributed by atoms with Crippen molar-refractivity contribution < 1.29 is 9.47 Å². The maximum absolute atomic E-state index is 5.63. The minimum Gasteiger partial charge on any atom is -0.350 e. The SMILES string of the molecule is c1ccc(P(c2ccccc2)c2ccccc2CCC2OCCO2)cc1. The van der Waals surface area contributed by atoms with Gasteiger partial charge in [-0.25, -0.2) is 0 Å². The highest BCUT2D eigenvalue weighted by Crippen LogP contribution is 2.34. The van der Waals surface area contributed by atoms with Crippen molar-refractivity contribution in [2.75, 3.05) is 13.2 Å². The van der Waals surface area contributed by atoms with Crippen molar-refractivity contribution in [2.24, 2.45) is 0 Å². The van der Waals surface area contributed by atoms with E-state index in [4.69, 9.17) is 9.47 Å². The minimum atomic E-state index is -0.572. The van der Waals surface area contributed by atoms with Crippen LogP contribution in [0.3, 0.4) is 0 Å². The van der Waals surface area contributed by atoms with Gasteiger partial charge in [0.1, 0.15) is 0 Å². The van der Waals surface area contributed by atoms with Crippen LogP contribution in [0, 0.1) is 0 Å². The Kier molecular flexibility index (Phi) is 5.76. The fraction of sp³-hybridized carbons (Fsp3) is 0.217. The molecule has 132 valence electrons. The van der Waals surface area contributed by atoms with Gasteiger partial charge in [0.25, 0.3) is 0 Å². The summed E-state index contributed by atoms with van der Waals surface area (Å²) >= 11 is 0. The van der Waals surface area contributed by atoms with Crippen LogP contribution in [0.4, 0.5) is 0 Å². The molecule has 3 aromatic carbocycles. The average Bonchev–Trinajstić information content (AvgIpc) is 3.23. The summed E-state index contributed by atoms with van der Waals surface area (Å²) in [5, 5.41) is 4.20. The second kappa shape index (κ2) is 8.60. The van der Waals surface area contributed by atoms with E-state index in [9.17, 15) is 0 Å². The van der Waals surface area contributed by atoms with E-state index in [1.54, 1.807) is 0 Å². The van der Waals surface area contributed by atoms with Crippen molar-refractivity contribution >= 4 is 23.8 Å². The molecule has 0 unspecified atom stereocenters. The molecular formula is C23H23O2P. The van der Waals surface area contributed by atoms with Crippen molar-refractivity contribution in [1.29, 1.82) is 0 Å². The third kappa shape index (κ3) is 4.04. The first-order chi connectivity index (χ1) is 12.9. The molecule has 1 aliphatic rings. The van der Waals surface area contributed by atoms with Crippen molar-refractivity contribution in [2.45, 2.75) is 19.1 Å². The van der Waals surface area contributed by atoms with Crippen molar-refractivity contribution in [3.05, 3.63) is 90.5 Å². The van der Waals surface area contributed by atoms with E-state index in [1.807, 2.05) is 0 Å². The summed E-state index contributed by atoms with van der Waals surface area (Å²) in [7, 11) is -0.572. The van der Waals surface area contributed by atoms with Gasteiger partial charge in [0, 0.05) is 6.42 Å². The monoisotopic (exact) mass is 362 g/mol. The van der Waals surface area contributed by atoms with E-state index in [2.05, 4.69) is 84.9 Å². The van der Waals surface area contributed by atoms with Gasteiger partial charge >= 0.3 is 0 Å². The number of hydrogen-bond acceptors (Lipinski definition) is 2. The Morgan fingerprint density at radius 2 is 1.23 bits per heavy atom. The molecule has 0 saturated carbocycles. The fourth-order valence-corrected chi connectivity index (χ4v) is 5.87. The molecule has 0 bridgehead atoms. The topological polar surface area (TPSA) is 18.5 Å². The van der Waals surface area contributed by atoms with Gasteiger partial charge in [0.2, 0.25) is 0 Å². The molecule has 4 rings (SSSR count). The van der Waals surface area contributed by atoms with Crippen LogP contribution in [0.1, 0.15) is 12.0 Å². The fourth-order valence-electron chi connectivity index (χ4n) is 3.37. The first kappa shape index (κ1) is 17.4. The Labute approximate surface area is 156 Å². The van der Waals surface area contributed by atoms with Crippen LogP contribution in [-0.4, -0.2) is 19.5 Å². The molecule has 1 saturated heterocycles. The Balaban J connectivity index is 1.69. The zero-order chi connectivity index (χ0) is 17.6. The molecule has 0 amide bonds. The summed E-state index contributed by atoms with van der Waals surface area (Å²) in [6, 6.07) is 30.5. The Bertz CT molecular complexity index is 774. The molecule has 0 radical (unpaired) electrons. The molecule has 0 aliphatic carbocycles. The van der Waals surface area contributed by atoms with Crippen molar-refractivity contribution in [1.82, 2.24) is 0 Å². The normalized spacial score (nSPS) is 14.8. The summed E-state index contributed by atoms with van der Waals surface area (Å²) in [6.45, 7) is 1.43. The molecule has 1 aliphatic heterocycles. The zero-order valence-corrected chi connectivity index (χ0v) is 15.6. The molecule has 1 fully saturated rings. The van der Waals surface area contributed by atoms with Gasteiger partial charge < -0.3 is 9.47 Å². The molecule has 0 aromatic heterocycles. The summed E-state index contributed by atoms with van der Waals surface area (Å²) in [6.07, 6.45) is 1.83. The lowest BCUT2D eigenvalue weighted by Gasteiger charge is -2.22. The van der Waals surface area contributed by atoms with E-state index < -0.39 is 7.92 Å². The van der Waals surface area contributed by atoms with Crippen LogP contribution in [0.15, 0.2) is 84.9 Å². The van der Waals surface area contributed by atoms with E-state index in [0.29, 0.717) is 13.2 Å². The number of aryl methyl sites for hydroxylation is 1. The van der Waals surface area contributed by atoms with Gasteiger partial charge in [-0.2, -0.15) is 0 Å². The average molecular weight is 362 g/mol. The van der Waals surface area contributed by atoms with Gasteiger partial charge in [0.05, 0.1) is 13.2 Å². The highest BCUT2D eigenvalue weighted by molar-refractivity contribution is 7.79. The molecule has 0 spiro atoms. The molecule has 0 N–H and O–H groups in total. The largest absolute Gasteiger partial charge is 0.350 e. The standard InChI is InChI=1S/C23H23O2P/c1-3-10-20(11-4-1)26(21-12-5-2-6-13-21)22-14-8-7-9-19(22)15-16-23-24-17-18-25-23/h1-14,23H,15-18H2. The third-order valence-corrected chi connectivity index (χ3v) is 7.15. The summed E-state index contributed by atoms with van der Waals surface area (Å²) < 4.78 is 11.3. The van der Waals surface area contributed by atoms with Gasteiger partial charge in [-0.15, -0.1) is 0 Å². The molecular weight excluding hydrogens is 339 g/mol.